The topological polar surface area (TPSA) is 64.6 Å². The Balaban J connectivity index is 1.85. The summed E-state index contributed by atoms with van der Waals surface area (Å²) in [6, 6.07) is 3.87. The smallest absolute Gasteiger partial charge is 0.387 e. The molecular weight excluding hydrogens is 356 g/mol. The first-order valence-electron chi connectivity index (χ1n) is 8.10. The average molecular weight is 376 g/mol. The van der Waals surface area contributed by atoms with Gasteiger partial charge < -0.3 is 14.8 Å². The number of carbonyl (C=O) groups is 2. The molecule has 0 spiro atoms. The number of ether oxygens (including phenoxy) is 2. The van der Waals surface area contributed by atoms with Crippen LogP contribution in [-0.2, 0) is 14.3 Å². The molecule has 0 heterocycles. The Morgan fingerprint density at radius 2 is 2.00 bits per heavy atom. The molecular formula is C17H20ClF2NO4. The number of amides is 1. The van der Waals surface area contributed by atoms with Crippen LogP contribution in [0, 0.1) is 5.92 Å². The molecule has 1 amide bonds. The fourth-order valence-electron chi connectivity index (χ4n) is 2.76. The number of anilines is 1. The molecule has 5 nitrogen and oxygen atoms in total. The molecule has 0 aromatic heterocycles. The number of carbonyl (C=O) groups excluding carboxylic acids is 2. The Labute approximate surface area is 149 Å². The summed E-state index contributed by atoms with van der Waals surface area (Å²) in [5.74, 6) is -0.777. The summed E-state index contributed by atoms with van der Waals surface area (Å²) in [4.78, 5) is 23.9. The summed E-state index contributed by atoms with van der Waals surface area (Å²) in [6.07, 6.45) is 3.63. The van der Waals surface area contributed by atoms with Crippen molar-refractivity contribution in [2.45, 2.75) is 51.7 Å². The van der Waals surface area contributed by atoms with Crippen molar-refractivity contribution in [3.8, 4) is 5.75 Å². The molecule has 1 aromatic carbocycles. The first-order valence-corrected chi connectivity index (χ1v) is 8.47. The van der Waals surface area contributed by atoms with Crippen molar-refractivity contribution in [3.05, 3.63) is 23.2 Å². The fraction of sp³-hybridized carbons (Fsp3) is 0.529. The third-order valence-corrected chi connectivity index (χ3v) is 4.32. The summed E-state index contributed by atoms with van der Waals surface area (Å²) in [7, 11) is 0. The first kappa shape index (κ1) is 19.4. The van der Waals surface area contributed by atoms with Gasteiger partial charge in [0.1, 0.15) is 5.75 Å². The summed E-state index contributed by atoms with van der Waals surface area (Å²) in [5.41, 5.74) is 0.287. The van der Waals surface area contributed by atoms with E-state index in [2.05, 4.69) is 10.1 Å². The van der Waals surface area contributed by atoms with Gasteiger partial charge in [0.25, 0.3) is 5.91 Å². The molecule has 1 fully saturated rings. The van der Waals surface area contributed by atoms with Crippen LogP contribution in [0.5, 0.6) is 5.75 Å². The number of halogens is 3. The van der Waals surface area contributed by atoms with Gasteiger partial charge in [-0.3, -0.25) is 9.59 Å². The molecule has 138 valence electrons. The van der Waals surface area contributed by atoms with Crippen LogP contribution < -0.4 is 10.1 Å². The third-order valence-electron chi connectivity index (χ3n) is 4.02. The second kappa shape index (κ2) is 8.99. The van der Waals surface area contributed by atoms with E-state index in [9.17, 15) is 18.4 Å². The molecule has 0 aliphatic heterocycles. The zero-order chi connectivity index (χ0) is 18.4. The van der Waals surface area contributed by atoms with Gasteiger partial charge in [-0.1, -0.05) is 24.4 Å². The maximum absolute atomic E-state index is 12.2. The molecule has 25 heavy (non-hydrogen) atoms. The fourth-order valence-corrected chi connectivity index (χ4v) is 2.99. The van der Waals surface area contributed by atoms with Crippen LogP contribution in [0.3, 0.4) is 0 Å². The Morgan fingerprint density at radius 1 is 1.32 bits per heavy atom. The minimum atomic E-state index is -2.99. The summed E-state index contributed by atoms with van der Waals surface area (Å²) in [6.45, 7) is -1.52. The van der Waals surface area contributed by atoms with E-state index in [1.54, 1.807) is 0 Å². The lowest BCUT2D eigenvalue weighted by atomic mass is 10.0. The molecule has 0 saturated heterocycles. The zero-order valence-corrected chi connectivity index (χ0v) is 14.5. The van der Waals surface area contributed by atoms with Crippen molar-refractivity contribution in [3.63, 3.8) is 0 Å². The zero-order valence-electron chi connectivity index (χ0n) is 13.8. The van der Waals surface area contributed by atoms with Gasteiger partial charge in [-0.05, 0) is 43.9 Å². The number of hydrogen-bond acceptors (Lipinski definition) is 4. The lowest BCUT2D eigenvalue weighted by Gasteiger charge is -2.15. The second-order valence-corrected chi connectivity index (χ2v) is 6.41. The predicted octanol–water partition coefficient (Wildman–Crippen LogP) is 4.39. The van der Waals surface area contributed by atoms with Gasteiger partial charge >= 0.3 is 12.6 Å². The molecule has 1 aliphatic carbocycles. The van der Waals surface area contributed by atoms with Gasteiger partial charge in [0.2, 0.25) is 0 Å². The maximum Gasteiger partial charge on any atom is 0.387 e. The van der Waals surface area contributed by atoms with Gasteiger partial charge in [0, 0.05) is 12.1 Å². The van der Waals surface area contributed by atoms with Crippen molar-refractivity contribution >= 4 is 29.2 Å². The third kappa shape index (κ3) is 6.16. The molecule has 1 saturated carbocycles. The quantitative estimate of drug-likeness (QED) is 0.718. The number of benzene rings is 1. The van der Waals surface area contributed by atoms with E-state index in [0.717, 1.165) is 25.7 Å². The maximum atomic E-state index is 12.2. The molecule has 2 rings (SSSR count). The van der Waals surface area contributed by atoms with Crippen molar-refractivity contribution in [2.75, 3.05) is 5.32 Å². The highest BCUT2D eigenvalue weighted by Crippen LogP contribution is 2.29. The monoisotopic (exact) mass is 375 g/mol. The van der Waals surface area contributed by atoms with Crippen LogP contribution in [0.15, 0.2) is 18.2 Å². The van der Waals surface area contributed by atoms with Gasteiger partial charge in [-0.15, -0.1) is 0 Å². The van der Waals surface area contributed by atoms with Crippen LogP contribution in [0.4, 0.5) is 14.5 Å². The van der Waals surface area contributed by atoms with Crippen LogP contribution in [0.25, 0.3) is 0 Å². The number of esters is 1. The van der Waals surface area contributed by atoms with E-state index >= 15 is 0 Å². The molecule has 1 atom stereocenters. The number of nitrogens with one attached hydrogen (secondary N) is 1. The Kier molecular flexibility index (Phi) is 6.99. The SMILES string of the molecule is CC(OC(=O)CC1CCCC1)C(=O)Nc1ccc(OC(F)F)c(Cl)c1. The van der Waals surface area contributed by atoms with Crippen molar-refractivity contribution in [2.24, 2.45) is 5.92 Å². The Morgan fingerprint density at radius 3 is 2.60 bits per heavy atom. The highest BCUT2D eigenvalue weighted by Gasteiger charge is 2.23. The van der Waals surface area contributed by atoms with Gasteiger partial charge in [0.15, 0.2) is 6.10 Å². The highest BCUT2D eigenvalue weighted by molar-refractivity contribution is 6.32. The van der Waals surface area contributed by atoms with E-state index < -0.39 is 24.6 Å². The van der Waals surface area contributed by atoms with E-state index in [1.807, 2.05) is 0 Å². The van der Waals surface area contributed by atoms with Gasteiger partial charge in [0.05, 0.1) is 5.02 Å². The van der Waals surface area contributed by atoms with E-state index in [-0.39, 0.29) is 16.5 Å². The Bertz CT molecular complexity index is 621. The lowest BCUT2D eigenvalue weighted by molar-refractivity contribution is -0.154. The lowest BCUT2D eigenvalue weighted by Crippen LogP contribution is -2.30. The molecule has 0 bridgehead atoms. The molecule has 8 heteroatoms. The summed E-state index contributed by atoms with van der Waals surface area (Å²) in [5, 5.41) is 2.45. The van der Waals surface area contributed by atoms with Crippen LogP contribution >= 0.6 is 11.6 Å². The Hall–Kier alpha value is -1.89. The molecule has 1 aliphatic rings. The molecule has 1 N–H and O–H groups in total. The summed E-state index contributed by atoms with van der Waals surface area (Å²) >= 11 is 5.82. The number of alkyl halides is 2. The average Bonchev–Trinajstić information content (AvgIpc) is 3.02. The molecule has 0 radical (unpaired) electrons. The van der Waals surface area contributed by atoms with Crippen LogP contribution in [0.2, 0.25) is 5.02 Å². The molecule has 1 aromatic rings. The summed E-state index contributed by atoms with van der Waals surface area (Å²) < 4.78 is 33.7. The molecule has 1 unspecified atom stereocenters. The van der Waals surface area contributed by atoms with E-state index in [4.69, 9.17) is 16.3 Å². The first-order chi connectivity index (χ1) is 11.8. The van der Waals surface area contributed by atoms with Crippen molar-refractivity contribution in [1.82, 2.24) is 0 Å². The van der Waals surface area contributed by atoms with Crippen LogP contribution in [-0.4, -0.2) is 24.6 Å². The number of hydrogen-bond donors (Lipinski definition) is 1. The van der Waals surface area contributed by atoms with E-state index in [1.165, 1.54) is 25.1 Å². The van der Waals surface area contributed by atoms with Gasteiger partial charge in [-0.25, -0.2) is 0 Å². The van der Waals surface area contributed by atoms with E-state index in [0.29, 0.717) is 12.3 Å². The second-order valence-electron chi connectivity index (χ2n) is 6.00. The standard InChI is InChI=1S/C17H20ClF2NO4/c1-10(24-15(22)8-11-4-2-3-5-11)16(23)21-12-6-7-14(13(18)9-12)25-17(19)20/h6-7,9-11,17H,2-5,8H2,1H3,(H,21,23). The minimum absolute atomic E-state index is 0.0658. The largest absolute Gasteiger partial charge is 0.453 e. The minimum Gasteiger partial charge on any atom is -0.453 e. The highest BCUT2D eigenvalue weighted by atomic mass is 35.5. The van der Waals surface area contributed by atoms with Crippen molar-refractivity contribution in [1.29, 1.82) is 0 Å². The predicted molar refractivity (Wildman–Crippen MR) is 88.8 cm³/mol. The van der Waals surface area contributed by atoms with Crippen LogP contribution in [0.1, 0.15) is 39.0 Å². The van der Waals surface area contributed by atoms with Crippen molar-refractivity contribution < 1.29 is 27.8 Å². The van der Waals surface area contributed by atoms with Gasteiger partial charge in [-0.2, -0.15) is 8.78 Å². The normalized spacial score (nSPS) is 15.9. The number of rotatable bonds is 7.